The Morgan fingerprint density at radius 1 is 1.00 bits per heavy atom. The first-order chi connectivity index (χ1) is 14.5. The van der Waals surface area contributed by atoms with Crippen LogP contribution < -0.4 is 20.9 Å². The molecule has 160 valence electrons. The fourth-order valence-corrected chi connectivity index (χ4v) is 3.68. The van der Waals surface area contributed by atoms with Gasteiger partial charge in [-0.1, -0.05) is 24.6 Å². The molecule has 0 unspecified atom stereocenters. The molecule has 1 aliphatic rings. The van der Waals surface area contributed by atoms with Gasteiger partial charge in [0.1, 0.15) is 0 Å². The van der Waals surface area contributed by atoms with Crippen LogP contribution in [-0.4, -0.2) is 31.6 Å². The van der Waals surface area contributed by atoms with Crippen LogP contribution in [-0.2, 0) is 0 Å². The van der Waals surface area contributed by atoms with E-state index in [1.807, 2.05) is 32.0 Å². The molecule has 0 saturated carbocycles. The lowest BCUT2D eigenvalue weighted by Gasteiger charge is -2.30. The van der Waals surface area contributed by atoms with Gasteiger partial charge in [0.05, 0.1) is 5.56 Å². The van der Waals surface area contributed by atoms with E-state index in [2.05, 4.69) is 20.9 Å². The zero-order chi connectivity index (χ0) is 21.5. The molecule has 6 nitrogen and oxygen atoms in total. The molecule has 0 radical (unpaired) electrons. The van der Waals surface area contributed by atoms with E-state index in [0.717, 1.165) is 43.6 Å². The number of urea groups is 1. The minimum Gasteiger partial charge on any atom is -0.371 e. The summed E-state index contributed by atoms with van der Waals surface area (Å²) >= 11 is 6.13. The number of carbonyl (C=O) groups is 2. The van der Waals surface area contributed by atoms with Crippen molar-refractivity contribution in [2.45, 2.75) is 39.5 Å². The molecule has 3 amide bonds. The van der Waals surface area contributed by atoms with Gasteiger partial charge in [-0.05, 0) is 68.5 Å². The fourth-order valence-electron chi connectivity index (χ4n) is 3.50. The Hall–Kier alpha value is -2.73. The van der Waals surface area contributed by atoms with Crippen molar-refractivity contribution in [2.75, 3.05) is 35.2 Å². The first-order valence-corrected chi connectivity index (χ1v) is 10.9. The van der Waals surface area contributed by atoms with E-state index in [1.54, 1.807) is 18.2 Å². The van der Waals surface area contributed by atoms with E-state index >= 15 is 0 Å². The van der Waals surface area contributed by atoms with Crippen LogP contribution in [0.5, 0.6) is 0 Å². The molecule has 1 saturated heterocycles. The normalized spacial score (nSPS) is 13.6. The van der Waals surface area contributed by atoms with Gasteiger partial charge in [0.25, 0.3) is 5.91 Å². The van der Waals surface area contributed by atoms with Gasteiger partial charge in [-0.3, -0.25) is 4.79 Å². The van der Waals surface area contributed by atoms with Gasteiger partial charge in [-0.25, -0.2) is 4.79 Å². The molecular formula is C23H29ClN4O2. The number of halogens is 1. The van der Waals surface area contributed by atoms with Crippen LogP contribution >= 0.6 is 11.6 Å². The first-order valence-electron chi connectivity index (χ1n) is 10.5. The monoisotopic (exact) mass is 428 g/mol. The summed E-state index contributed by atoms with van der Waals surface area (Å²) < 4.78 is 0. The Labute approximate surface area is 183 Å². The highest BCUT2D eigenvalue weighted by molar-refractivity contribution is 6.31. The molecule has 2 aromatic carbocycles. The van der Waals surface area contributed by atoms with E-state index in [0.29, 0.717) is 28.5 Å². The van der Waals surface area contributed by atoms with Crippen molar-refractivity contribution in [1.29, 1.82) is 0 Å². The maximum Gasteiger partial charge on any atom is 0.323 e. The van der Waals surface area contributed by atoms with E-state index in [-0.39, 0.29) is 11.9 Å². The number of nitrogens with zero attached hydrogens (tertiary/aromatic N) is 1. The number of rotatable bonds is 6. The number of benzene rings is 2. The van der Waals surface area contributed by atoms with Crippen LogP contribution in [0.4, 0.5) is 21.9 Å². The average molecular weight is 429 g/mol. The van der Waals surface area contributed by atoms with E-state index < -0.39 is 0 Å². The highest BCUT2D eigenvalue weighted by Gasteiger charge is 2.19. The van der Waals surface area contributed by atoms with Gasteiger partial charge >= 0.3 is 6.03 Å². The summed E-state index contributed by atoms with van der Waals surface area (Å²) in [5.41, 5.74) is 3.61. The molecule has 0 spiro atoms. The minimum absolute atomic E-state index is 0.119. The summed E-state index contributed by atoms with van der Waals surface area (Å²) in [4.78, 5) is 27.5. The average Bonchev–Trinajstić information content (AvgIpc) is 2.75. The van der Waals surface area contributed by atoms with Crippen molar-refractivity contribution in [3.63, 3.8) is 0 Å². The SMILES string of the molecule is CCCNC(=O)c1cc(NC(=O)Nc2ccc(C)c(Cl)c2)ccc1N1CCCCC1. The smallest absolute Gasteiger partial charge is 0.323 e. The van der Waals surface area contributed by atoms with Crippen molar-refractivity contribution < 1.29 is 9.59 Å². The number of aryl methyl sites for hydroxylation is 1. The van der Waals surface area contributed by atoms with Crippen LogP contribution in [0, 0.1) is 6.92 Å². The summed E-state index contributed by atoms with van der Waals surface area (Å²) in [6.07, 6.45) is 4.33. The van der Waals surface area contributed by atoms with Crippen molar-refractivity contribution in [2.24, 2.45) is 0 Å². The summed E-state index contributed by atoms with van der Waals surface area (Å²) in [5, 5.41) is 9.13. The Kier molecular flexibility index (Phi) is 7.57. The van der Waals surface area contributed by atoms with E-state index in [1.165, 1.54) is 6.42 Å². The zero-order valence-electron chi connectivity index (χ0n) is 17.6. The molecular weight excluding hydrogens is 400 g/mol. The molecule has 1 fully saturated rings. The maximum absolute atomic E-state index is 12.8. The number of piperidine rings is 1. The molecule has 1 aliphatic heterocycles. The molecule has 2 aromatic rings. The van der Waals surface area contributed by atoms with Crippen LogP contribution in [0.3, 0.4) is 0 Å². The molecule has 7 heteroatoms. The number of anilines is 3. The Morgan fingerprint density at radius 2 is 1.67 bits per heavy atom. The van der Waals surface area contributed by atoms with Gasteiger partial charge in [0, 0.05) is 41.7 Å². The quantitative estimate of drug-likeness (QED) is 0.574. The van der Waals surface area contributed by atoms with Gasteiger partial charge in [0.2, 0.25) is 0 Å². The van der Waals surface area contributed by atoms with Crippen LogP contribution in [0.25, 0.3) is 0 Å². The molecule has 0 aromatic heterocycles. The van der Waals surface area contributed by atoms with Gasteiger partial charge in [-0.15, -0.1) is 0 Å². The standard InChI is InChI=1S/C23H29ClN4O2/c1-3-11-25-22(29)19-14-17(9-10-21(19)28-12-5-4-6-13-28)26-23(30)27-18-8-7-16(2)20(24)15-18/h7-10,14-15H,3-6,11-13H2,1-2H3,(H,25,29)(H2,26,27,30). The van der Waals surface area contributed by atoms with Gasteiger partial charge < -0.3 is 20.9 Å². The predicted molar refractivity (Wildman–Crippen MR) is 124 cm³/mol. The van der Waals surface area contributed by atoms with Crippen LogP contribution in [0.2, 0.25) is 5.02 Å². The van der Waals surface area contributed by atoms with E-state index in [9.17, 15) is 9.59 Å². The predicted octanol–water partition coefficient (Wildman–Crippen LogP) is 5.42. The number of hydrogen-bond acceptors (Lipinski definition) is 3. The van der Waals surface area contributed by atoms with Crippen molar-refractivity contribution >= 4 is 40.6 Å². The Balaban J connectivity index is 1.77. The summed E-state index contributed by atoms with van der Waals surface area (Å²) in [6, 6.07) is 10.5. The number of nitrogens with one attached hydrogen (secondary N) is 3. The third-order valence-electron chi connectivity index (χ3n) is 5.16. The largest absolute Gasteiger partial charge is 0.371 e. The lowest BCUT2D eigenvalue weighted by molar-refractivity contribution is 0.0954. The van der Waals surface area contributed by atoms with E-state index in [4.69, 9.17) is 11.6 Å². The highest BCUT2D eigenvalue weighted by Crippen LogP contribution is 2.27. The minimum atomic E-state index is -0.388. The third-order valence-corrected chi connectivity index (χ3v) is 5.57. The highest BCUT2D eigenvalue weighted by atomic mass is 35.5. The number of carbonyl (C=O) groups excluding carboxylic acids is 2. The lowest BCUT2D eigenvalue weighted by Crippen LogP contribution is -2.33. The second-order valence-electron chi connectivity index (χ2n) is 7.58. The van der Waals surface area contributed by atoms with Crippen molar-refractivity contribution in [3.05, 3.63) is 52.5 Å². The van der Waals surface area contributed by atoms with Crippen LogP contribution in [0.1, 0.15) is 48.5 Å². The number of amides is 3. The topological polar surface area (TPSA) is 73.5 Å². The molecule has 0 aliphatic carbocycles. The fraction of sp³-hybridized carbons (Fsp3) is 0.391. The Bertz CT molecular complexity index is 910. The second-order valence-corrected chi connectivity index (χ2v) is 7.99. The molecule has 0 bridgehead atoms. The third kappa shape index (κ3) is 5.66. The molecule has 3 N–H and O–H groups in total. The summed E-state index contributed by atoms with van der Waals surface area (Å²) in [5.74, 6) is -0.119. The molecule has 30 heavy (non-hydrogen) atoms. The maximum atomic E-state index is 12.8. The Morgan fingerprint density at radius 3 is 2.33 bits per heavy atom. The van der Waals surface area contributed by atoms with Crippen molar-refractivity contribution in [1.82, 2.24) is 5.32 Å². The zero-order valence-corrected chi connectivity index (χ0v) is 18.3. The molecule has 1 heterocycles. The summed E-state index contributed by atoms with van der Waals surface area (Å²) in [6.45, 7) is 6.42. The summed E-state index contributed by atoms with van der Waals surface area (Å²) in [7, 11) is 0. The molecule has 3 rings (SSSR count). The second kappa shape index (κ2) is 10.3. The lowest BCUT2D eigenvalue weighted by atomic mass is 10.1. The van der Waals surface area contributed by atoms with Gasteiger partial charge in [0.15, 0.2) is 0 Å². The van der Waals surface area contributed by atoms with Crippen molar-refractivity contribution in [3.8, 4) is 0 Å². The first kappa shape index (κ1) is 22.0. The number of hydrogen-bond donors (Lipinski definition) is 3. The van der Waals surface area contributed by atoms with Gasteiger partial charge in [-0.2, -0.15) is 0 Å². The van der Waals surface area contributed by atoms with Crippen LogP contribution in [0.15, 0.2) is 36.4 Å². The molecule has 0 atom stereocenters.